The Morgan fingerprint density at radius 2 is 1.16 bits per heavy atom. The second-order valence-corrected chi connectivity index (χ2v) is 21.2. The van der Waals surface area contributed by atoms with Crippen molar-refractivity contribution in [2.45, 2.75) is 144 Å². The Kier molecular flexibility index (Phi) is 23.7. The molecule has 2 aliphatic rings. The smallest absolute Gasteiger partial charge is 0.243 e. The minimum Gasteiger partial charge on any atom is -0.353 e. The standard InChI is InChI=1S/C53H84N8O9/c1-39(60(68)37-62)43(26-18-24-41-20-12-9-13-21-41)48(64)56-46(52(3,4)5)51(67)55-29-33-59-34-35-69-45(36-59)70-61(38-63)40(2)44(27-19-25-42-22-14-10-15-23-42)49(65)57-47(53(6,7)8)50(66)54-28-32-58-30-16-11-17-31-58/h9-10,12-15,20-23,37-40,43-47,68H,11,16-19,24-36H2,1-8H3,(H,54,66)(H,55,67)(H,56,64)(H,57,65). The maximum Gasteiger partial charge on any atom is 0.243 e. The fourth-order valence-electron chi connectivity index (χ4n) is 9.18. The zero-order valence-electron chi connectivity index (χ0n) is 43.2. The van der Waals surface area contributed by atoms with E-state index in [9.17, 15) is 34.0 Å². The average Bonchev–Trinajstić information content (AvgIpc) is 3.33. The van der Waals surface area contributed by atoms with Gasteiger partial charge in [0.1, 0.15) is 12.1 Å². The number of piperidine rings is 1. The zero-order valence-corrected chi connectivity index (χ0v) is 43.2. The molecule has 5 N–H and O–H groups in total. The predicted molar refractivity (Wildman–Crippen MR) is 269 cm³/mol. The van der Waals surface area contributed by atoms with Gasteiger partial charge in [-0.05, 0) is 100 Å². The van der Waals surface area contributed by atoms with Crippen LogP contribution in [0.2, 0.25) is 0 Å². The van der Waals surface area contributed by atoms with Crippen molar-refractivity contribution in [2.75, 3.05) is 59.0 Å². The van der Waals surface area contributed by atoms with Gasteiger partial charge in [-0.15, -0.1) is 0 Å². The summed E-state index contributed by atoms with van der Waals surface area (Å²) in [6, 6.07) is 16.5. The number of rotatable bonds is 28. The van der Waals surface area contributed by atoms with E-state index in [4.69, 9.17) is 9.57 Å². The SMILES string of the molecule is CC(C(CCCc1ccccc1)C(=O)NC(C(=O)NCCN1CCOC(ON(C=O)C(C)C(CCCc2ccccc2)C(=O)NC(C(=O)NCCN2CCCCC2)C(C)(C)C)C1)C(C)(C)C)N(O)C=O. The first-order valence-corrected chi connectivity index (χ1v) is 25.5. The molecule has 6 amide bonds. The number of ether oxygens (including phenoxy) is 1. The summed E-state index contributed by atoms with van der Waals surface area (Å²) in [5.41, 5.74) is 0.949. The van der Waals surface area contributed by atoms with Gasteiger partial charge in [0.25, 0.3) is 0 Å². The Hall–Kier alpha value is -4.94. The Labute approximate surface area is 417 Å². The number of carbonyl (C=O) groups excluding carboxylic acids is 6. The van der Waals surface area contributed by atoms with Crippen LogP contribution in [0.4, 0.5) is 0 Å². The van der Waals surface area contributed by atoms with Gasteiger partial charge in [0.15, 0.2) is 6.29 Å². The molecule has 2 aliphatic heterocycles. The van der Waals surface area contributed by atoms with Gasteiger partial charge < -0.3 is 30.9 Å². The van der Waals surface area contributed by atoms with E-state index in [1.54, 1.807) is 13.8 Å². The third-order valence-corrected chi connectivity index (χ3v) is 13.6. The van der Waals surface area contributed by atoms with Gasteiger partial charge >= 0.3 is 0 Å². The lowest BCUT2D eigenvalue weighted by Gasteiger charge is -2.38. The molecule has 17 heteroatoms. The summed E-state index contributed by atoms with van der Waals surface area (Å²) in [5, 5.41) is 24.0. The lowest BCUT2D eigenvalue weighted by molar-refractivity contribution is -0.293. The highest BCUT2D eigenvalue weighted by molar-refractivity contribution is 5.90. The largest absolute Gasteiger partial charge is 0.353 e. The molecule has 0 aliphatic carbocycles. The molecule has 0 spiro atoms. The normalized spacial score (nSPS) is 18.5. The number of morpholine rings is 1. The van der Waals surface area contributed by atoms with E-state index in [-0.39, 0.29) is 43.8 Å². The Bertz CT molecular complexity index is 1910. The van der Waals surface area contributed by atoms with Crippen molar-refractivity contribution < 1.29 is 43.5 Å². The molecular formula is C53H84N8O9. The fourth-order valence-corrected chi connectivity index (χ4v) is 9.18. The van der Waals surface area contributed by atoms with E-state index in [2.05, 4.69) is 26.2 Å². The lowest BCUT2D eigenvalue weighted by Crippen LogP contribution is -2.58. The Morgan fingerprint density at radius 1 is 0.686 bits per heavy atom. The van der Waals surface area contributed by atoms with E-state index in [1.165, 1.54) is 6.42 Å². The molecule has 2 fully saturated rings. The van der Waals surface area contributed by atoms with Crippen molar-refractivity contribution >= 4 is 36.4 Å². The molecule has 2 aromatic rings. The first-order chi connectivity index (χ1) is 33.3. The summed E-state index contributed by atoms with van der Waals surface area (Å²) in [6.07, 6.45) is 7.02. The summed E-state index contributed by atoms with van der Waals surface area (Å²) in [5.74, 6) is -2.92. The number of carbonyl (C=O) groups is 6. The van der Waals surface area contributed by atoms with Crippen LogP contribution in [0.5, 0.6) is 0 Å². The molecule has 2 saturated heterocycles. The Morgan fingerprint density at radius 3 is 1.61 bits per heavy atom. The highest BCUT2D eigenvalue weighted by Crippen LogP contribution is 2.26. The van der Waals surface area contributed by atoms with E-state index in [0.29, 0.717) is 63.2 Å². The summed E-state index contributed by atoms with van der Waals surface area (Å²) in [6.45, 7) is 19.7. The number of hydrogen-bond acceptors (Lipinski definition) is 11. The minimum absolute atomic E-state index is 0.235. The maximum atomic E-state index is 14.4. The number of aryl methyl sites for hydroxylation is 2. The molecule has 0 radical (unpaired) electrons. The quantitative estimate of drug-likeness (QED) is 0.0449. The monoisotopic (exact) mass is 977 g/mol. The van der Waals surface area contributed by atoms with Crippen LogP contribution in [0.3, 0.4) is 0 Å². The van der Waals surface area contributed by atoms with Crippen LogP contribution in [0.25, 0.3) is 0 Å². The van der Waals surface area contributed by atoms with Crippen molar-refractivity contribution in [1.82, 2.24) is 41.2 Å². The lowest BCUT2D eigenvalue weighted by atomic mass is 9.84. The molecule has 17 nitrogen and oxygen atoms in total. The zero-order chi connectivity index (χ0) is 51.3. The van der Waals surface area contributed by atoms with Crippen molar-refractivity contribution in [3.05, 3.63) is 71.8 Å². The highest BCUT2D eigenvalue weighted by Gasteiger charge is 2.39. The van der Waals surface area contributed by atoms with Gasteiger partial charge in [0, 0.05) is 32.7 Å². The highest BCUT2D eigenvalue weighted by atomic mass is 16.8. The number of benzene rings is 2. The maximum absolute atomic E-state index is 14.4. The van der Waals surface area contributed by atoms with Gasteiger partial charge in [0.2, 0.25) is 36.4 Å². The van der Waals surface area contributed by atoms with Crippen LogP contribution in [0, 0.1) is 22.7 Å². The molecule has 2 aromatic carbocycles. The predicted octanol–water partition coefficient (Wildman–Crippen LogP) is 4.72. The number of hydrogen-bond donors (Lipinski definition) is 5. The van der Waals surface area contributed by atoms with E-state index < -0.39 is 59.0 Å². The molecule has 7 unspecified atom stereocenters. The number of likely N-dealkylation sites (tertiary alicyclic amines) is 1. The number of nitrogens with zero attached hydrogens (tertiary/aromatic N) is 4. The van der Waals surface area contributed by atoms with Crippen molar-refractivity contribution in [3.8, 4) is 0 Å². The van der Waals surface area contributed by atoms with Gasteiger partial charge in [-0.25, -0.2) is 15.0 Å². The fraction of sp³-hybridized carbons (Fsp3) is 0.660. The topological polar surface area (TPSA) is 202 Å². The van der Waals surface area contributed by atoms with Crippen molar-refractivity contribution in [2.24, 2.45) is 22.7 Å². The molecule has 2 heterocycles. The second-order valence-electron chi connectivity index (χ2n) is 21.2. The molecule has 4 rings (SSSR count). The second kappa shape index (κ2) is 28.8. The third kappa shape index (κ3) is 19.0. The van der Waals surface area contributed by atoms with Gasteiger partial charge in [0.05, 0.1) is 37.1 Å². The van der Waals surface area contributed by atoms with Gasteiger partial charge in [-0.2, -0.15) is 0 Å². The summed E-state index contributed by atoms with van der Waals surface area (Å²) in [7, 11) is 0. The van der Waals surface area contributed by atoms with Gasteiger partial charge in [-0.3, -0.25) is 38.9 Å². The van der Waals surface area contributed by atoms with Crippen LogP contribution in [0.1, 0.15) is 111 Å². The first-order valence-electron chi connectivity index (χ1n) is 25.5. The van der Waals surface area contributed by atoms with E-state index in [1.807, 2.05) is 107 Å². The third-order valence-electron chi connectivity index (χ3n) is 13.6. The molecule has 7 atom stereocenters. The van der Waals surface area contributed by atoms with Crippen LogP contribution in [-0.4, -0.2) is 151 Å². The molecule has 0 aromatic heterocycles. The van der Waals surface area contributed by atoms with Crippen LogP contribution >= 0.6 is 0 Å². The van der Waals surface area contributed by atoms with Gasteiger partial charge in [-0.1, -0.05) is 109 Å². The average molecular weight is 977 g/mol. The summed E-state index contributed by atoms with van der Waals surface area (Å²) < 4.78 is 5.97. The van der Waals surface area contributed by atoms with Crippen LogP contribution in [-0.2, 0) is 51.2 Å². The molecular weight excluding hydrogens is 893 g/mol. The van der Waals surface area contributed by atoms with E-state index >= 15 is 0 Å². The van der Waals surface area contributed by atoms with Crippen LogP contribution < -0.4 is 21.3 Å². The van der Waals surface area contributed by atoms with Crippen molar-refractivity contribution in [3.63, 3.8) is 0 Å². The Balaban J connectivity index is 1.37. The van der Waals surface area contributed by atoms with E-state index in [0.717, 1.165) is 55.1 Å². The first kappa shape index (κ1) is 57.6. The number of nitrogens with one attached hydrogen (secondary N) is 4. The molecule has 70 heavy (non-hydrogen) atoms. The number of hydroxylamine groups is 4. The number of amides is 6. The summed E-state index contributed by atoms with van der Waals surface area (Å²) >= 11 is 0. The van der Waals surface area contributed by atoms with Crippen LogP contribution in [0.15, 0.2) is 60.7 Å². The molecule has 0 saturated carbocycles. The summed E-state index contributed by atoms with van der Waals surface area (Å²) in [4.78, 5) is 90.6. The minimum atomic E-state index is -0.925. The molecule has 390 valence electrons. The van der Waals surface area contributed by atoms with Crippen molar-refractivity contribution in [1.29, 1.82) is 0 Å². The molecule has 0 bridgehead atoms.